The Kier molecular flexibility index (Phi) is 18.0. The highest BCUT2D eigenvalue weighted by atomic mass is 16.5. The fraction of sp³-hybridized carbons (Fsp3) is 0.675. The average Bonchev–Trinajstić information content (AvgIpc) is 3.59. The molecular weight excluding hydrogens is 662 g/mol. The number of nitrogens with one attached hydrogen (secondary N) is 2. The zero-order valence-electron chi connectivity index (χ0n) is 33.5. The van der Waals surface area contributed by atoms with Crippen molar-refractivity contribution in [2.24, 2.45) is 23.7 Å². The minimum atomic E-state index is -0.788. The van der Waals surface area contributed by atoms with Crippen LogP contribution in [0.25, 0.3) is 0 Å². The molecule has 0 unspecified atom stereocenters. The Morgan fingerprint density at radius 3 is 2.06 bits per heavy atom. The van der Waals surface area contributed by atoms with Gasteiger partial charge in [-0.05, 0) is 56.7 Å². The summed E-state index contributed by atoms with van der Waals surface area (Å²) in [5.41, 5.74) is 0.931. The number of amides is 4. The Labute approximate surface area is 312 Å². The number of likely N-dealkylation sites (N-methyl/N-ethyl adjacent to an activating group) is 2. The SMILES string of the molecule is CC[C@H](C)[C@@H](/C(=C/C(=O)N1CCC[C@H]1[C@H](OC)[C@@H](C)C(=O)N[C@H](C=O)Cc1ccccc1)OC)N(C)C(=O)[C@@H](NC(=O)[C@H](C(C)C)N(C)C)C(C)C. The summed E-state index contributed by atoms with van der Waals surface area (Å²) in [5, 5.41) is 5.87. The predicted octanol–water partition coefficient (Wildman–Crippen LogP) is 3.69. The summed E-state index contributed by atoms with van der Waals surface area (Å²) in [4.78, 5) is 72.1. The smallest absolute Gasteiger partial charge is 0.250 e. The van der Waals surface area contributed by atoms with E-state index >= 15 is 0 Å². The summed E-state index contributed by atoms with van der Waals surface area (Å²) in [5.74, 6) is -1.70. The molecule has 4 amide bonds. The zero-order valence-corrected chi connectivity index (χ0v) is 33.5. The third-order valence-corrected chi connectivity index (χ3v) is 10.4. The predicted molar refractivity (Wildman–Crippen MR) is 203 cm³/mol. The molecule has 2 rings (SSSR count). The van der Waals surface area contributed by atoms with Crippen LogP contribution in [0.15, 0.2) is 42.2 Å². The molecule has 0 aromatic heterocycles. The molecule has 0 saturated carbocycles. The van der Waals surface area contributed by atoms with Crippen LogP contribution in [-0.2, 0) is 39.9 Å². The molecule has 0 aliphatic carbocycles. The van der Waals surface area contributed by atoms with E-state index in [1.54, 1.807) is 23.8 Å². The lowest BCUT2D eigenvalue weighted by Gasteiger charge is -2.38. The number of carbonyl (C=O) groups excluding carboxylic acids is 5. The van der Waals surface area contributed by atoms with Gasteiger partial charge in [-0.25, -0.2) is 0 Å². The van der Waals surface area contributed by atoms with Crippen LogP contribution in [0.1, 0.15) is 73.3 Å². The molecule has 0 spiro atoms. The van der Waals surface area contributed by atoms with Crippen molar-refractivity contribution in [1.29, 1.82) is 0 Å². The Balaban J connectivity index is 2.33. The first kappa shape index (κ1) is 44.4. The van der Waals surface area contributed by atoms with Crippen molar-refractivity contribution >= 4 is 29.9 Å². The highest BCUT2D eigenvalue weighted by molar-refractivity contribution is 5.91. The molecular formula is C40H65N5O7. The molecule has 1 aliphatic heterocycles. The molecule has 1 aliphatic rings. The van der Waals surface area contributed by atoms with Gasteiger partial charge in [0.1, 0.15) is 18.1 Å². The minimum Gasteiger partial charge on any atom is -0.499 e. The summed E-state index contributed by atoms with van der Waals surface area (Å²) < 4.78 is 11.7. The van der Waals surface area contributed by atoms with Gasteiger partial charge < -0.3 is 34.7 Å². The average molecular weight is 728 g/mol. The lowest BCUT2D eigenvalue weighted by molar-refractivity contribution is -0.140. The maximum atomic E-state index is 14.2. The number of likely N-dealkylation sites (tertiary alicyclic amines) is 1. The lowest BCUT2D eigenvalue weighted by Crippen LogP contribution is -2.58. The van der Waals surface area contributed by atoms with Crippen molar-refractivity contribution in [1.82, 2.24) is 25.3 Å². The number of hydrogen-bond acceptors (Lipinski definition) is 8. The minimum absolute atomic E-state index is 0.0370. The Hall–Kier alpha value is -3.77. The normalized spacial score (nSPS) is 19.0. The van der Waals surface area contributed by atoms with Crippen molar-refractivity contribution < 1.29 is 33.4 Å². The zero-order chi connectivity index (χ0) is 39.3. The molecule has 1 heterocycles. The van der Waals surface area contributed by atoms with Crippen LogP contribution >= 0.6 is 0 Å². The summed E-state index contributed by atoms with van der Waals surface area (Å²) in [6.45, 7) is 14.0. The van der Waals surface area contributed by atoms with E-state index in [1.807, 2.05) is 90.9 Å². The monoisotopic (exact) mass is 727 g/mol. The van der Waals surface area contributed by atoms with Crippen molar-refractivity contribution in [2.45, 2.75) is 110 Å². The molecule has 52 heavy (non-hydrogen) atoms. The molecule has 1 aromatic carbocycles. The first-order chi connectivity index (χ1) is 24.5. The molecule has 2 N–H and O–H groups in total. The number of benzene rings is 1. The van der Waals surface area contributed by atoms with Crippen molar-refractivity contribution in [3.63, 3.8) is 0 Å². The van der Waals surface area contributed by atoms with Gasteiger partial charge in [0, 0.05) is 26.8 Å². The highest BCUT2D eigenvalue weighted by Crippen LogP contribution is 2.29. The van der Waals surface area contributed by atoms with E-state index in [2.05, 4.69) is 10.6 Å². The number of hydrogen-bond donors (Lipinski definition) is 2. The van der Waals surface area contributed by atoms with Crippen LogP contribution in [0.5, 0.6) is 0 Å². The Bertz CT molecular complexity index is 1340. The first-order valence-electron chi connectivity index (χ1n) is 18.7. The van der Waals surface area contributed by atoms with Gasteiger partial charge in [0.25, 0.3) is 0 Å². The first-order valence-corrected chi connectivity index (χ1v) is 18.7. The summed E-state index contributed by atoms with van der Waals surface area (Å²) >= 11 is 0. The molecule has 1 fully saturated rings. The maximum absolute atomic E-state index is 14.2. The van der Waals surface area contributed by atoms with Crippen molar-refractivity contribution in [3.05, 3.63) is 47.7 Å². The van der Waals surface area contributed by atoms with Crippen LogP contribution in [0.3, 0.4) is 0 Å². The number of ether oxygens (including phenoxy) is 2. The molecule has 1 aromatic rings. The van der Waals surface area contributed by atoms with Gasteiger partial charge in [-0.1, -0.05) is 85.2 Å². The second-order valence-electron chi connectivity index (χ2n) is 15.1. The van der Waals surface area contributed by atoms with Gasteiger partial charge in [0.15, 0.2) is 0 Å². The second kappa shape index (κ2) is 21.1. The van der Waals surface area contributed by atoms with Gasteiger partial charge in [-0.3, -0.25) is 24.1 Å². The molecule has 292 valence electrons. The Morgan fingerprint density at radius 2 is 1.56 bits per heavy atom. The third kappa shape index (κ3) is 11.6. The number of aldehydes is 1. The largest absolute Gasteiger partial charge is 0.499 e. The van der Waals surface area contributed by atoms with E-state index in [0.29, 0.717) is 31.6 Å². The third-order valence-electron chi connectivity index (χ3n) is 10.4. The molecule has 12 nitrogen and oxygen atoms in total. The highest BCUT2D eigenvalue weighted by Gasteiger charge is 2.41. The summed E-state index contributed by atoms with van der Waals surface area (Å²) in [7, 11) is 8.40. The van der Waals surface area contributed by atoms with Crippen LogP contribution in [0.2, 0.25) is 0 Å². The number of carbonyl (C=O) groups is 5. The van der Waals surface area contributed by atoms with Gasteiger partial charge in [0.05, 0.1) is 43.3 Å². The Morgan fingerprint density at radius 1 is 0.923 bits per heavy atom. The summed E-state index contributed by atoms with van der Waals surface area (Å²) in [6.07, 6.45) is 3.97. The molecule has 0 bridgehead atoms. The maximum Gasteiger partial charge on any atom is 0.250 e. The molecule has 1 saturated heterocycles. The number of methoxy groups -OCH3 is 2. The topological polar surface area (TPSA) is 138 Å². The fourth-order valence-corrected chi connectivity index (χ4v) is 7.35. The fourth-order valence-electron chi connectivity index (χ4n) is 7.35. The molecule has 0 radical (unpaired) electrons. The van der Waals surface area contributed by atoms with Gasteiger partial charge >= 0.3 is 0 Å². The number of nitrogens with zero attached hydrogens (tertiary/aromatic N) is 3. The van der Waals surface area contributed by atoms with E-state index in [9.17, 15) is 24.0 Å². The van der Waals surface area contributed by atoms with E-state index in [-0.39, 0.29) is 41.4 Å². The van der Waals surface area contributed by atoms with E-state index in [1.165, 1.54) is 20.3 Å². The van der Waals surface area contributed by atoms with Crippen LogP contribution in [0, 0.1) is 23.7 Å². The van der Waals surface area contributed by atoms with Crippen molar-refractivity contribution in [3.8, 4) is 0 Å². The van der Waals surface area contributed by atoms with Gasteiger partial charge in [-0.15, -0.1) is 0 Å². The van der Waals surface area contributed by atoms with Gasteiger partial charge in [0.2, 0.25) is 23.6 Å². The van der Waals surface area contributed by atoms with Crippen LogP contribution < -0.4 is 10.6 Å². The van der Waals surface area contributed by atoms with Crippen LogP contribution in [0.4, 0.5) is 0 Å². The van der Waals surface area contributed by atoms with Gasteiger partial charge in [-0.2, -0.15) is 0 Å². The molecule has 12 heteroatoms. The second-order valence-corrected chi connectivity index (χ2v) is 15.1. The van der Waals surface area contributed by atoms with Crippen LogP contribution in [-0.4, -0.2) is 123 Å². The lowest BCUT2D eigenvalue weighted by atomic mass is 9.93. The quantitative estimate of drug-likeness (QED) is 0.118. The number of rotatable bonds is 20. The molecule has 8 atom stereocenters. The van der Waals surface area contributed by atoms with Crippen molar-refractivity contribution in [2.75, 3.05) is 41.9 Å². The summed E-state index contributed by atoms with van der Waals surface area (Å²) in [6, 6.07) is 6.59. The van der Waals surface area contributed by atoms with E-state index < -0.39 is 42.2 Å². The van der Waals surface area contributed by atoms with E-state index in [4.69, 9.17) is 9.47 Å². The standard InChI is InChI=1S/C40H65N5O7/c1-13-27(6)36(44(10)40(50)34(25(2)3)42-39(49)35(26(4)5)43(8)9)32(51-11)23-33(47)45-21-17-20-31(45)37(52-12)28(7)38(48)41-30(24-46)22-29-18-15-14-16-19-29/h14-16,18-19,23-28,30-31,34-37H,13,17,20-22H2,1-12H3,(H,41,48)(H,42,49)/b32-23-/t27-,28+,30-,31-,34-,35-,36-,37+/m0/s1. The van der Waals surface area contributed by atoms with E-state index in [0.717, 1.165) is 18.3 Å².